The highest BCUT2D eigenvalue weighted by molar-refractivity contribution is 6.02. The quantitative estimate of drug-likeness (QED) is 0.513. The maximum Gasteiger partial charge on any atom is 0.246 e. The van der Waals surface area contributed by atoms with E-state index in [4.69, 9.17) is 14.2 Å². The van der Waals surface area contributed by atoms with Crippen molar-refractivity contribution in [2.45, 2.75) is 75.8 Å². The highest BCUT2D eigenvalue weighted by atomic mass is 16.6. The number of nitrogens with one attached hydrogen (secondary N) is 2. The number of nitrogens with zero attached hydrogens (tertiary/aromatic N) is 1. The lowest BCUT2D eigenvalue weighted by atomic mass is 9.74. The average Bonchev–Trinajstić information content (AvgIpc) is 3.63. The van der Waals surface area contributed by atoms with Gasteiger partial charge in [-0.15, -0.1) is 0 Å². The van der Waals surface area contributed by atoms with Crippen LogP contribution in [0.3, 0.4) is 0 Å². The Morgan fingerprint density at radius 1 is 1.00 bits per heavy atom. The maximum absolute atomic E-state index is 14.3. The van der Waals surface area contributed by atoms with E-state index < -0.39 is 35.7 Å². The van der Waals surface area contributed by atoms with Gasteiger partial charge in [-0.3, -0.25) is 14.4 Å². The molecule has 2 aromatic rings. The number of amides is 3. The van der Waals surface area contributed by atoms with Crippen LogP contribution in [0, 0.1) is 25.7 Å². The topological polar surface area (TPSA) is 106 Å². The minimum absolute atomic E-state index is 0.0613. The fraction of sp³-hybridized carbons (Fsp3) is 0.485. The van der Waals surface area contributed by atoms with Gasteiger partial charge < -0.3 is 29.7 Å². The molecule has 4 aliphatic heterocycles. The summed E-state index contributed by atoms with van der Waals surface area (Å²) < 4.78 is 18.6. The van der Waals surface area contributed by atoms with Crippen molar-refractivity contribution in [3.63, 3.8) is 0 Å². The summed E-state index contributed by atoms with van der Waals surface area (Å²) in [5.41, 5.74) is 1.64. The van der Waals surface area contributed by atoms with E-state index in [-0.39, 0.29) is 36.9 Å². The van der Waals surface area contributed by atoms with E-state index in [0.29, 0.717) is 17.2 Å². The van der Waals surface area contributed by atoms with Gasteiger partial charge in [-0.2, -0.15) is 0 Å². The molecule has 3 amide bonds. The van der Waals surface area contributed by atoms with E-state index in [0.717, 1.165) is 43.2 Å². The van der Waals surface area contributed by atoms with Crippen molar-refractivity contribution in [1.82, 2.24) is 10.2 Å². The van der Waals surface area contributed by atoms with Crippen LogP contribution in [-0.2, 0) is 19.1 Å². The van der Waals surface area contributed by atoms with Gasteiger partial charge in [-0.05, 0) is 62.1 Å². The number of likely N-dealkylation sites (tertiary alicyclic amines) is 1. The molecule has 0 aromatic heterocycles. The third kappa shape index (κ3) is 4.45. The van der Waals surface area contributed by atoms with E-state index in [2.05, 4.69) is 10.6 Å². The Hall–Kier alpha value is -3.85. The smallest absolute Gasteiger partial charge is 0.246 e. The van der Waals surface area contributed by atoms with Crippen LogP contribution in [0.15, 0.2) is 54.6 Å². The second-order valence-electron chi connectivity index (χ2n) is 12.3. The lowest BCUT2D eigenvalue weighted by Gasteiger charge is -2.36. The van der Waals surface area contributed by atoms with Gasteiger partial charge in [0.1, 0.15) is 18.2 Å². The first kappa shape index (κ1) is 27.0. The van der Waals surface area contributed by atoms with Gasteiger partial charge in [0.05, 0.1) is 24.5 Å². The van der Waals surface area contributed by atoms with Crippen LogP contribution in [-0.4, -0.2) is 65.7 Å². The van der Waals surface area contributed by atoms with Gasteiger partial charge >= 0.3 is 0 Å². The number of anilines is 1. The zero-order chi connectivity index (χ0) is 29.0. The molecule has 5 aliphatic rings. The molecule has 2 aromatic carbocycles. The molecule has 9 heteroatoms. The Labute approximate surface area is 245 Å². The molecule has 2 bridgehead atoms. The first-order valence-electron chi connectivity index (χ1n) is 15.1. The number of carbonyl (C=O) groups excluding carboxylic acids is 3. The van der Waals surface area contributed by atoms with Crippen LogP contribution in [0.4, 0.5) is 5.69 Å². The monoisotopic (exact) mass is 571 g/mol. The normalized spacial score (nSPS) is 31.2. The van der Waals surface area contributed by atoms with E-state index >= 15 is 0 Å². The minimum Gasteiger partial charge on any atom is -0.486 e. The number of benzene rings is 2. The third-order valence-electron chi connectivity index (χ3n) is 9.62. The van der Waals surface area contributed by atoms with Gasteiger partial charge in [-0.25, -0.2) is 0 Å². The minimum atomic E-state index is -1.22. The predicted octanol–water partition coefficient (Wildman–Crippen LogP) is 3.68. The number of hydrogen-bond donors (Lipinski definition) is 2. The highest BCUT2D eigenvalue weighted by Crippen LogP contribution is 2.55. The summed E-state index contributed by atoms with van der Waals surface area (Å²) in [6, 6.07) is 12.3. The molecule has 1 saturated carbocycles. The molecule has 1 aliphatic carbocycles. The van der Waals surface area contributed by atoms with Crippen LogP contribution in [0.5, 0.6) is 11.5 Å². The third-order valence-corrected chi connectivity index (χ3v) is 9.62. The van der Waals surface area contributed by atoms with Crippen molar-refractivity contribution in [2.24, 2.45) is 11.8 Å². The molecule has 0 radical (unpaired) electrons. The number of aryl methyl sites for hydroxylation is 2. The van der Waals surface area contributed by atoms with Crippen molar-refractivity contribution >= 4 is 23.4 Å². The summed E-state index contributed by atoms with van der Waals surface area (Å²) in [5, 5.41) is 6.25. The van der Waals surface area contributed by atoms with Crippen molar-refractivity contribution in [1.29, 1.82) is 0 Å². The largest absolute Gasteiger partial charge is 0.486 e. The lowest BCUT2D eigenvalue weighted by molar-refractivity contribution is -0.143. The SMILES string of the molecule is Cc1ccc(NC(=O)C2[C@H]3C=CC4(O3)C(C(=O)NC3CCCCC3)N(CC3COc5ccccc5O3)C(=O)[C@@H]24)cc1C. The Kier molecular flexibility index (Phi) is 6.72. The number of para-hydroxylation sites is 2. The van der Waals surface area contributed by atoms with Crippen molar-refractivity contribution in [3.8, 4) is 11.5 Å². The highest BCUT2D eigenvalue weighted by Gasteiger charge is 2.73. The summed E-state index contributed by atoms with van der Waals surface area (Å²) in [6.07, 6.45) is 7.76. The number of fused-ring (bicyclic) bond motifs is 2. The van der Waals surface area contributed by atoms with Crippen LogP contribution in [0.25, 0.3) is 0 Å². The standard InChI is InChI=1S/C33H37N3O6/c1-19-12-13-22(16-20(19)2)35-30(37)27-26-14-15-33(42-26)28(27)32(39)36(29(33)31(38)34-21-8-4-3-5-9-21)17-23-18-40-24-10-6-7-11-25(24)41-23/h6-7,10-16,21,23,26-29H,3-5,8-9,17-18H2,1-2H3,(H,34,38)(H,35,37)/t23?,26-,27?,28-,29?,33?/m1/s1. The molecular formula is C33H37N3O6. The predicted molar refractivity (Wildman–Crippen MR) is 155 cm³/mol. The zero-order valence-electron chi connectivity index (χ0n) is 24.0. The van der Waals surface area contributed by atoms with Crippen LogP contribution in [0.1, 0.15) is 43.2 Å². The van der Waals surface area contributed by atoms with E-state index in [9.17, 15) is 14.4 Å². The van der Waals surface area contributed by atoms with Gasteiger partial charge in [0.2, 0.25) is 17.7 Å². The average molecular weight is 572 g/mol. The van der Waals surface area contributed by atoms with Crippen LogP contribution >= 0.6 is 0 Å². The molecule has 42 heavy (non-hydrogen) atoms. The summed E-state index contributed by atoms with van der Waals surface area (Å²) in [4.78, 5) is 43.7. The second kappa shape index (κ2) is 10.5. The summed E-state index contributed by atoms with van der Waals surface area (Å²) >= 11 is 0. The Bertz CT molecular complexity index is 1450. The van der Waals surface area contributed by atoms with Crippen LogP contribution < -0.4 is 20.1 Å². The lowest BCUT2D eigenvalue weighted by Crippen LogP contribution is -2.58. The van der Waals surface area contributed by atoms with Crippen molar-refractivity contribution < 1.29 is 28.6 Å². The Morgan fingerprint density at radius 3 is 2.57 bits per heavy atom. The van der Waals surface area contributed by atoms with Gasteiger partial charge in [0, 0.05) is 11.7 Å². The Morgan fingerprint density at radius 2 is 1.79 bits per heavy atom. The molecule has 4 heterocycles. The fourth-order valence-corrected chi connectivity index (χ4v) is 7.41. The maximum atomic E-state index is 14.3. The molecule has 220 valence electrons. The molecule has 3 fully saturated rings. The van der Waals surface area contributed by atoms with Crippen molar-refractivity contribution in [3.05, 3.63) is 65.7 Å². The van der Waals surface area contributed by atoms with Gasteiger partial charge in [0.25, 0.3) is 0 Å². The molecular weight excluding hydrogens is 534 g/mol. The van der Waals surface area contributed by atoms with E-state index in [1.807, 2.05) is 68.5 Å². The van der Waals surface area contributed by atoms with Crippen molar-refractivity contribution in [2.75, 3.05) is 18.5 Å². The summed E-state index contributed by atoms with van der Waals surface area (Å²) in [5.74, 6) is -1.13. The molecule has 1 spiro atoms. The van der Waals surface area contributed by atoms with Gasteiger partial charge in [-0.1, -0.05) is 49.6 Å². The second-order valence-corrected chi connectivity index (χ2v) is 12.3. The number of ether oxygens (including phenoxy) is 3. The fourth-order valence-electron chi connectivity index (χ4n) is 7.41. The number of hydrogen-bond acceptors (Lipinski definition) is 6. The Balaban J connectivity index is 1.18. The molecule has 2 N–H and O–H groups in total. The van der Waals surface area contributed by atoms with E-state index in [1.54, 1.807) is 4.90 Å². The number of rotatable bonds is 6. The number of carbonyl (C=O) groups is 3. The molecule has 4 unspecified atom stereocenters. The first-order chi connectivity index (χ1) is 20.3. The van der Waals surface area contributed by atoms with E-state index in [1.165, 1.54) is 0 Å². The molecule has 6 atom stereocenters. The molecule has 9 nitrogen and oxygen atoms in total. The van der Waals surface area contributed by atoms with Crippen LogP contribution in [0.2, 0.25) is 0 Å². The zero-order valence-corrected chi connectivity index (χ0v) is 24.0. The first-order valence-corrected chi connectivity index (χ1v) is 15.1. The van der Waals surface area contributed by atoms with Gasteiger partial charge in [0.15, 0.2) is 17.6 Å². The summed E-state index contributed by atoms with van der Waals surface area (Å²) in [6.45, 7) is 4.39. The molecule has 7 rings (SSSR count). The molecule has 2 saturated heterocycles. The summed E-state index contributed by atoms with van der Waals surface area (Å²) in [7, 11) is 0.